The van der Waals surface area contributed by atoms with Crippen molar-refractivity contribution in [2.45, 2.75) is 6.42 Å². The SMILES string of the molecule is CN1C(=O)CC(=O)N(NC(=O)c2cc3cc(Br)ccc3oc2=O)C1=S. The fourth-order valence-corrected chi connectivity index (χ4v) is 2.84. The van der Waals surface area contributed by atoms with Gasteiger partial charge in [0.15, 0.2) is 0 Å². The van der Waals surface area contributed by atoms with Crippen LogP contribution in [0.2, 0.25) is 0 Å². The van der Waals surface area contributed by atoms with E-state index in [4.69, 9.17) is 16.6 Å². The first kappa shape index (κ1) is 17.2. The molecule has 3 amide bonds. The topological polar surface area (TPSA) is 99.9 Å². The molecular weight excluding hydrogens is 414 g/mol. The van der Waals surface area contributed by atoms with Crippen molar-refractivity contribution < 1.29 is 18.8 Å². The minimum absolute atomic E-state index is 0.178. The Hall–Kier alpha value is -2.59. The highest BCUT2D eigenvalue weighted by Gasteiger charge is 2.34. The molecule has 0 aliphatic carbocycles. The second-order valence-corrected chi connectivity index (χ2v) is 6.49. The molecule has 0 atom stereocenters. The van der Waals surface area contributed by atoms with E-state index in [1.54, 1.807) is 18.2 Å². The average Bonchev–Trinajstić information content (AvgIpc) is 2.56. The molecular formula is C15H10BrN3O5S. The van der Waals surface area contributed by atoms with Crippen LogP contribution in [0.5, 0.6) is 0 Å². The maximum Gasteiger partial charge on any atom is 0.349 e. The van der Waals surface area contributed by atoms with E-state index in [0.717, 1.165) is 14.4 Å². The number of hydrogen-bond acceptors (Lipinski definition) is 6. The molecule has 1 aliphatic rings. The summed E-state index contributed by atoms with van der Waals surface area (Å²) in [6.07, 6.45) is -0.434. The first-order chi connectivity index (χ1) is 11.8. The highest BCUT2D eigenvalue weighted by molar-refractivity contribution is 9.10. The molecule has 1 aromatic carbocycles. The van der Waals surface area contributed by atoms with Gasteiger partial charge in [-0.1, -0.05) is 15.9 Å². The predicted octanol–water partition coefficient (Wildman–Crippen LogP) is 1.18. The van der Waals surface area contributed by atoms with Crippen molar-refractivity contribution in [2.75, 3.05) is 7.05 Å². The van der Waals surface area contributed by atoms with Crippen LogP contribution < -0.4 is 11.1 Å². The normalized spacial score (nSPS) is 15.0. The average molecular weight is 424 g/mol. The third kappa shape index (κ3) is 3.17. The second-order valence-electron chi connectivity index (χ2n) is 5.21. The van der Waals surface area contributed by atoms with Crippen molar-refractivity contribution >= 4 is 62.0 Å². The van der Waals surface area contributed by atoms with Gasteiger partial charge in [-0.15, -0.1) is 0 Å². The van der Waals surface area contributed by atoms with Crippen molar-refractivity contribution in [3.05, 3.63) is 44.7 Å². The number of benzene rings is 1. The summed E-state index contributed by atoms with van der Waals surface area (Å²) < 4.78 is 5.86. The summed E-state index contributed by atoms with van der Waals surface area (Å²) in [5, 5.41) is 1.12. The number of amides is 3. The van der Waals surface area contributed by atoms with Crippen LogP contribution in [0.4, 0.5) is 0 Å². The zero-order valence-electron chi connectivity index (χ0n) is 12.7. The number of fused-ring (bicyclic) bond motifs is 1. The van der Waals surface area contributed by atoms with E-state index in [1.807, 2.05) is 0 Å². The van der Waals surface area contributed by atoms with Gasteiger partial charge in [-0.05, 0) is 36.5 Å². The fraction of sp³-hybridized carbons (Fsp3) is 0.133. The van der Waals surface area contributed by atoms with E-state index in [2.05, 4.69) is 21.4 Å². The molecule has 8 nitrogen and oxygen atoms in total. The van der Waals surface area contributed by atoms with Crippen LogP contribution in [0.1, 0.15) is 16.8 Å². The van der Waals surface area contributed by atoms with Gasteiger partial charge in [-0.3, -0.25) is 24.7 Å². The highest BCUT2D eigenvalue weighted by atomic mass is 79.9. The number of nitrogens with zero attached hydrogens (tertiary/aromatic N) is 2. The summed E-state index contributed by atoms with van der Waals surface area (Å²) in [7, 11) is 1.39. The Morgan fingerprint density at radius 3 is 2.68 bits per heavy atom. The van der Waals surface area contributed by atoms with Gasteiger partial charge in [0, 0.05) is 16.9 Å². The first-order valence-corrected chi connectivity index (χ1v) is 8.16. The number of thiocarbonyl (C=S) groups is 1. The Labute approximate surface area is 154 Å². The van der Waals surface area contributed by atoms with Crippen LogP contribution in [0.15, 0.2) is 37.9 Å². The molecule has 0 spiro atoms. The van der Waals surface area contributed by atoms with Crippen LogP contribution in [0.3, 0.4) is 0 Å². The van der Waals surface area contributed by atoms with Gasteiger partial charge in [-0.2, -0.15) is 5.01 Å². The molecule has 0 bridgehead atoms. The Morgan fingerprint density at radius 1 is 1.24 bits per heavy atom. The smallest absolute Gasteiger partial charge is 0.349 e. The lowest BCUT2D eigenvalue weighted by Gasteiger charge is -2.32. The van der Waals surface area contributed by atoms with E-state index >= 15 is 0 Å². The van der Waals surface area contributed by atoms with Crippen molar-refractivity contribution in [3.8, 4) is 0 Å². The minimum atomic E-state index is -0.867. The summed E-state index contributed by atoms with van der Waals surface area (Å²) >= 11 is 8.28. The number of carbonyl (C=O) groups is 3. The van der Waals surface area contributed by atoms with Gasteiger partial charge >= 0.3 is 5.63 Å². The molecule has 1 saturated heterocycles. The molecule has 1 N–H and O–H groups in total. The lowest BCUT2D eigenvalue weighted by atomic mass is 10.2. The molecule has 0 saturated carbocycles. The number of rotatable bonds is 2. The van der Waals surface area contributed by atoms with Gasteiger partial charge in [0.25, 0.3) is 11.8 Å². The maximum atomic E-state index is 12.4. The van der Waals surface area contributed by atoms with E-state index in [9.17, 15) is 19.2 Å². The van der Waals surface area contributed by atoms with Gasteiger partial charge in [0.1, 0.15) is 17.6 Å². The monoisotopic (exact) mass is 423 g/mol. The molecule has 1 aromatic heterocycles. The molecule has 1 fully saturated rings. The summed E-state index contributed by atoms with van der Waals surface area (Å²) in [6, 6.07) is 6.32. The fourth-order valence-electron chi connectivity index (χ4n) is 2.21. The third-order valence-electron chi connectivity index (χ3n) is 3.56. The van der Waals surface area contributed by atoms with Crippen LogP contribution in [0.25, 0.3) is 11.0 Å². The first-order valence-electron chi connectivity index (χ1n) is 6.96. The lowest BCUT2D eigenvalue weighted by molar-refractivity contribution is -0.140. The summed E-state index contributed by atoms with van der Waals surface area (Å²) in [6.45, 7) is 0. The predicted molar refractivity (Wildman–Crippen MR) is 94.5 cm³/mol. The van der Waals surface area contributed by atoms with Crippen molar-refractivity contribution in [2.24, 2.45) is 0 Å². The number of hydrogen-bond donors (Lipinski definition) is 1. The lowest BCUT2D eigenvalue weighted by Crippen LogP contribution is -2.60. The number of halogens is 1. The van der Waals surface area contributed by atoms with E-state index < -0.39 is 29.8 Å². The summed E-state index contributed by atoms with van der Waals surface area (Å²) in [4.78, 5) is 49.0. The van der Waals surface area contributed by atoms with Gasteiger partial charge in [-0.25, -0.2) is 4.79 Å². The zero-order chi connectivity index (χ0) is 18.3. The van der Waals surface area contributed by atoms with Crippen LogP contribution >= 0.6 is 28.1 Å². The molecule has 0 radical (unpaired) electrons. The van der Waals surface area contributed by atoms with Crippen LogP contribution in [0, 0.1) is 0 Å². The van der Waals surface area contributed by atoms with Crippen molar-refractivity contribution in [1.29, 1.82) is 0 Å². The molecule has 25 heavy (non-hydrogen) atoms. The number of hydrazine groups is 1. The Bertz CT molecular complexity index is 1000. The van der Waals surface area contributed by atoms with Crippen LogP contribution in [-0.2, 0) is 9.59 Å². The summed E-state index contributed by atoms with van der Waals surface area (Å²) in [5.74, 6) is -2.03. The van der Waals surface area contributed by atoms with E-state index in [0.29, 0.717) is 11.0 Å². The van der Waals surface area contributed by atoms with E-state index in [1.165, 1.54) is 13.1 Å². The second kappa shape index (κ2) is 6.37. The third-order valence-corrected chi connectivity index (χ3v) is 4.51. The molecule has 3 rings (SSSR count). The quantitative estimate of drug-likeness (QED) is 0.442. The Balaban J connectivity index is 1.93. The molecule has 128 valence electrons. The molecule has 10 heteroatoms. The van der Waals surface area contributed by atoms with Crippen molar-refractivity contribution in [1.82, 2.24) is 15.3 Å². The van der Waals surface area contributed by atoms with Gasteiger partial charge < -0.3 is 4.42 Å². The summed E-state index contributed by atoms with van der Waals surface area (Å²) in [5.41, 5.74) is 1.42. The Kier molecular flexibility index (Phi) is 4.39. The van der Waals surface area contributed by atoms with Crippen LogP contribution in [-0.4, -0.2) is 39.8 Å². The van der Waals surface area contributed by atoms with Gasteiger partial charge in [0.05, 0.1) is 0 Å². The zero-order valence-corrected chi connectivity index (χ0v) is 15.1. The van der Waals surface area contributed by atoms with E-state index in [-0.39, 0.29) is 10.7 Å². The standard InChI is InChI=1S/C15H10BrN3O5S/c1-18-11(20)6-12(21)19(15(18)25)17-13(22)9-5-7-4-8(16)2-3-10(7)24-14(9)23/h2-5H,6H2,1H3,(H,17,22). The molecule has 2 heterocycles. The van der Waals surface area contributed by atoms with Gasteiger partial charge in [0.2, 0.25) is 11.0 Å². The molecule has 0 unspecified atom stereocenters. The number of nitrogens with one attached hydrogen (secondary N) is 1. The largest absolute Gasteiger partial charge is 0.422 e. The Morgan fingerprint density at radius 2 is 1.96 bits per heavy atom. The highest BCUT2D eigenvalue weighted by Crippen LogP contribution is 2.19. The number of carbonyl (C=O) groups excluding carboxylic acids is 3. The minimum Gasteiger partial charge on any atom is -0.422 e. The molecule has 1 aliphatic heterocycles. The van der Waals surface area contributed by atoms with Crippen molar-refractivity contribution in [3.63, 3.8) is 0 Å². The maximum absolute atomic E-state index is 12.4. The molecule has 2 aromatic rings.